The van der Waals surface area contributed by atoms with Crippen molar-refractivity contribution in [1.82, 2.24) is 5.01 Å². The van der Waals surface area contributed by atoms with Crippen LogP contribution in [0.5, 0.6) is 0 Å². The first kappa shape index (κ1) is 15.2. The summed E-state index contributed by atoms with van der Waals surface area (Å²) in [7, 11) is 0. The quantitative estimate of drug-likeness (QED) is 0.664. The minimum Gasteiger partial charge on any atom is -0.478 e. The lowest BCUT2D eigenvalue weighted by molar-refractivity contribution is -0.141. The number of amides is 3. The maximum absolute atomic E-state index is 12.3. The molecular formula is C15H12N2O5. The molecule has 7 nitrogen and oxygen atoms in total. The maximum Gasteiger partial charge on any atom is 0.335 e. The molecule has 1 aliphatic rings. The topological polar surface area (TPSA) is 95.0 Å². The molecule has 0 saturated carbocycles. The van der Waals surface area contributed by atoms with E-state index in [0.717, 1.165) is 17.2 Å². The first-order valence-electron chi connectivity index (χ1n) is 6.22. The van der Waals surface area contributed by atoms with Crippen LogP contribution in [0, 0.1) is 0 Å². The molecule has 1 N–H and O–H groups in total. The van der Waals surface area contributed by atoms with Gasteiger partial charge in [-0.25, -0.2) is 9.80 Å². The fraction of sp³-hybridized carbons (Fsp3) is 0.0667. The third-order valence-electron chi connectivity index (χ3n) is 2.90. The third-order valence-corrected chi connectivity index (χ3v) is 2.90. The number of aromatic carboxylic acids is 1. The molecular weight excluding hydrogens is 288 g/mol. The summed E-state index contributed by atoms with van der Waals surface area (Å²) in [5, 5.41) is 10.4. The van der Waals surface area contributed by atoms with Gasteiger partial charge >= 0.3 is 5.97 Å². The number of carbonyl (C=O) groups excluding carboxylic acids is 3. The molecule has 0 fully saturated rings. The van der Waals surface area contributed by atoms with Crippen LogP contribution < -0.4 is 5.01 Å². The second-order valence-electron chi connectivity index (χ2n) is 4.57. The van der Waals surface area contributed by atoms with Crippen LogP contribution in [0.15, 0.2) is 48.6 Å². The third kappa shape index (κ3) is 2.64. The van der Waals surface area contributed by atoms with Gasteiger partial charge in [-0.05, 0) is 31.2 Å². The number of imide groups is 1. The molecule has 0 atom stereocenters. The first-order chi connectivity index (χ1) is 10.3. The van der Waals surface area contributed by atoms with Crippen LogP contribution >= 0.6 is 0 Å². The molecule has 0 saturated heterocycles. The normalized spacial score (nSPS) is 13.4. The van der Waals surface area contributed by atoms with Gasteiger partial charge in [-0.2, -0.15) is 5.01 Å². The average Bonchev–Trinajstić information content (AvgIpc) is 2.80. The lowest BCUT2D eigenvalue weighted by atomic mass is 10.2. The summed E-state index contributed by atoms with van der Waals surface area (Å²) in [4.78, 5) is 46.7. The van der Waals surface area contributed by atoms with Crippen molar-refractivity contribution in [3.05, 3.63) is 54.1 Å². The van der Waals surface area contributed by atoms with E-state index in [1.54, 1.807) is 0 Å². The Morgan fingerprint density at radius 1 is 1.09 bits per heavy atom. The van der Waals surface area contributed by atoms with Crippen LogP contribution in [-0.2, 0) is 14.4 Å². The molecule has 0 radical (unpaired) electrons. The molecule has 0 bridgehead atoms. The highest BCUT2D eigenvalue weighted by molar-refractivity contribution is 6.18. The number of hydrogen-bond acceptors (Lipinski definition) is 4. The number of rotatable bonds is 4. The van der Waals surface area contributed by atoms with Crippen molar-refractivity contribution >= 4 is 29.4 Å². The van der Waals surface area contributed by atoms with E-state index in [-0.39, 0.29) is 16.8 Å². The van der Waals surface area contributed by atoms with Crippen LogP contribution in [0.1, 0.15) is 17.3 Å². The van der Waals surface area contributed by atoms with Crippen molar-refractivity contribution in [3.63, 3.8) is 0 Å². The number of hydrazine groups is 1. The smallest absolute Gasteiger partial charge is 0.335 e. The number of benzene rings is 1. The lowest BCUT2D eigenvalue weighted by Crippen LogP contribution is -2.50. The highest BCUT2D eigenvalue weighted by Crippen LogP contribution is 2.22. The summed E-state index contributed by atoms with van der Waals surface area (Å²) in [5.74, 6) is -3.10. The second-order valence-corrected chi connectivity index (χ2v) is 4.57. The highest BCUT2D eigenvalue weighted by Gasteiger charge is 2.34. The summed E-state index contributed by atoms with van der Waals surface area (Å²) in [6, 6.07) is 5.22. The molecule has 0 aliphatic carbocycles. The Kier molecular flexibility index (Phi) is 3.89. The summed E-state index contributed by atoms with van der Waals surface area (Å²) in [6.45, 7) is 4.96. The van der Waals surface area contributed by atoms with E-state index in [1.807, 2.05) is 0 Å². The van der Waals surface area contributed by atoms with E-state index < -0.39 is 23.7 Å². The predicted octanol–water partition coefficient (Wildman–Crippen LogP) is 1.13. The van der Waals surface area contributed by atoms with Crippen LogP contribution in [0.3, 0.4) is 0 Å². The van der Waals surface area contributed by atoms with Gasteiger partial charge in [0, 0.05) is 17.7 Å². The van der Waals surface area contributed by atoms with E-state index >= 15 is 0 Å². The molecule has 0 spiro atoms. The summed E-state index contributed by atoms with van der Waals surface area (Å²) in [5.41, 5.74) is 0.321. The minimum absolute atomic E-state index is 0.0173. The molecule has 0 unspecified atom stereocenters. The standard InChI is InChI=1S/C15H12N2O5/c1-9(2)14(20)16(17-12(18)7-8-13(17)19)11-5-3-10(4-6-11)15(21)22/h3-8H,1H2,2H3,(H,21,22). The highest BCUT2D eigenvalue weighted by atomic mass is 16.4. The lowest BCUT2D eigenvalue weighted by Gasteiger charge is -2.30. The minimum atomic E-state index is -1.13. The number of carbonyl (C=O) groups is 4. The Balaban J connectivity index is 2.47. The maximum atomic E-state index is 12.3. The van der Waals surface area contributed by atoms with Crippen LogP contribution in [-0.4, -0.2) is 33.8 Å². The van der Waals surface area contributed by atoms with Gasteiger partial charge in [0.05, 0.1) is 11.3 Å². The van der Waals surface area contributed by atoms with Gasteiger partial charge in [-0.1, -0.05) is 6.58 Å². The summed E-state index contributed by atoms with van der Waals surface area (Å²) < 4.78 is 0. The van der Waals surface area contributed by atoms with Crippen molar-refractivity contribution in [2.24, 2.45) is 0 Å². The Labute approximate surface area is 125 Å². The fourth-order valence-corrected chi connectivity index (χ4v) is 1.84. The Bertz CT molecular complexity index is 700. The monoisotopic (exact) mass is 300 g/mol. The number of carboxylic acids is 1. The van der Waals surface area contributed by atoms with Crippen LogP contribution in [0.4, 0.5) is 5.69 Å². The van der Waals surface area contributed by atoms with Crippen molar-refractivity contribution in [2.45, 2.75) is 6.92 Å². The van der Waals surface area contributed by atoms with Gasteiger partial charge < -0.3 is 5.11 Å². The molecule has 22 heavy (non-hydrogen) atoms. The fourth-order valence-electron chi connectivity index (χ4n) is 1.84. The zero-order valence-corrected chi connectivity index (χ0v) is 11.6. The average molecular weight is 300 g/mol. The van der Waals surface area contributed by atoms with Gasteiger partial charge in [0.1, 0.15) is 0 Å². The summed E-state index contributed by atoms with van der Waals surface area (Å²) >= 11 is 0. The number of nitrogens with zero attached hydrogens (tertiary/aromatic N) is 2. The van der Waals surface area contributed by atoms with E-state index in [0.29, 0.717) is 5.01 Å². The largest absolute Gasteiger partial charge is 0.478 e. The molecule has 0 aromatic heterocycles. The van der Waals surface area contributed by atoms with Gasteiger partial charge in [0.2, 0.25) is 0 Å². The zero-order valence-electron chi connectivity index (χ0n) is 11.6. The Morgan fingerprint density at radius 3 is 2.00 bits per heavy atom. The van der Waals surface area contributed by atoms with Gasteiger partial charge in [-0.3, -0.25) is 14.4 Å². The van der Waals surface area contributed by atoms with Crippen molar-refractivity contribution in [3.8, 4) is 0 Å². The summed E-state index contributed by atoms with van der Waals surface area (Å²) in [6.07, 6.45) is 2.10. The van der Waals surface area contributed by atoms with E-state index in [1.165, 1.54) is 31.2 Å². The first-order valence-corrected chi connectivity index (χ1v) is 6.22. The van der Waals surface area contributed by atoms with Crippen molar-refractivity contribution in [2.75, 3.05) is 5.01 Å². The van der Waals surface area contributed by atoms with Gasteiger partial charge in [0.25, 0.3) is 17.7 Å². The second kappa shape index (κ2) is 5.65. The van der Waals surface area contributed by atoms with Crippen molar-refractivity contribution in [1.29, 1.82) is 0 Å². The van der Waals surface area contributed by atoms with E-state index in [9.17, 15) is 19.2 Å². The Hall–Kier alpha value is -3.22. The van der Waals surface area contributed by atoms with Gasteiger partial charge in [-0.15, -0.1) is 0 Å². The van der Waals surface area contributed by atoms with Crippen LogP contribution in [0.2, 0.25) is 0 Å². The number of hydrogen-bond donors (Lipinski definition) is 1. The predicted molar refractivity (Wildman–Crippen MR) is 76.7 cm³/mol. The van der Waals surface area contributed by atoms with E-state index in [4.69, 9.17) is 5.11 Å². The molecule has 3 amide bonds. The number of carboxylic acid groups (broad SMARTS) is 1. The zero-order chi connectivity index (χ0) is 16.4. The molecule has 7 heteroatoms. The van der Waals surface area contributed by atoms with E-state index in [2.05, 4.69) is 6.58 Å². The molecule has 1 heterocycles. The molecule has 2 rings (SSSR count). The van der Waals surface area contributed by atoms with Crippen LogP contribution in [0.25, 0.3) is 0 Å². The SMILES string of the molecule is C=C(C)C(=O)N(c1ccc(C(=O)O)cc1)N1C(=O)C=CC1=O. The number of anilines is 1. The Morgan fingerprint density at radius 2 is 1.59 bits per heavy atom. The molecule has 1 aliphatic heterocycles. The molecule has 1 aromatic carbocycles. The van der Waals surface area contributed by atoms with Crippen molar-refractivity contribution < 1.29 is 24.3 Å². The molecule has 1 aromatic rings. The van der Waals surface area contributed by atoms with Gasteiger partial charge in [0.15, 0.2) is 0 Å². The molecule has 112 valence electrons.